The molecule has 0 radical (unpaired) electrons. The van der Waals surface area contributed by atoms with E-state index in [1.807, 2.05) is 6.07 Å². The number of para-hydroxylation sites is 1. The van der Waals surface area contributed by atoms with Crippen molar-refractivity contribution >= 4 is 21.6 Å². The van der Waals surface area contributed by atoms with E-state index in [9.17, 15) is 8.78 Å². The number of hydrogen-bond donors (Lipinski definition) is 1. The Kier molecular flexibility index (Phi) is 3.54. The molecule has 3 nitrogen and oxygen atoms in total. The van der Waals surface area contributed by atoms with Crippen LogP contribution in [-0.2, 0) is 0 Å². The first-order chi connectivity index (χ1) is 11.1. The molecule has 0 amide bonds. The summed E-state index contributed by atoms with van der Waals surface area (Å²) in [5.74, 6) is -0.452. The first kappa shape index (κ1) is 14.9. The molecule has 2 N–H and O–H groups in total. The third-order valence-corrected chi connectivity index (χ3v) is 5.12. The molecule has 1 fully saturated rings. The zero-order valence-electron chi connectivity index (χ0n) is 12.2. The van der Waals surface area contributed by atoms with Gasteiger partial charge in [0, 0.05) is 24.2 Å². The third-order valence-electron chi connectivity index (χ3n) is 4.52. The van der Waals surface area contributed by atoms with E-state index in [2.05, 4.69) is 20.8 Å². The molecular weight excluding hydrogens is 366 g/mol. The summed E-state index contributed by atoms with van der Waals surface area (Å²) in [6.07, 6.45) is 1.78. The van der Waals surface area contributed by atoms with Gasteiger partial charge in [-0.2, -0.15) is 0 Å². The van der Waals surface area contributed by atoms with Crippen molar-refractivity contribution in [1.29, 1.82) is 0 Å². The summed E-state index contributed by atoms with van der Waals surface area (Å²) in [5, 5.41) is 0. The molecule has 2 atom stereocenters. The van der Waals surface area contributed by atoms with Crippen LogP contribution in [0.15, 0.2) is 34.8 Å². The highest BCUT2D eigenvalue weighted by atomic mass is 79.9. The number of nitrogens with two attached hydrogens (primary N) is 1. The van der Waals surface area contributed by atoms with Crippen molar-refractivity contribution in [2.24, 2.45) is 5.73 Å². The molecule has 2 aromatic rings. The summed E-state index contributed by atoms with van der Waals surface area (Å²) >= 11 is 3.22. The maximum Gasteiger partial charge on any atom is 0.168 e. The highest BCUT2D eigenvalue weighted by molar-refractivity contribution is 9.10. The number of fused-ring (bicyclic) bond motifs is 5. The minimum absolute atomic E-state index is 0.136. The van der Waals surface area contributed by atoms with Crippen LogP contribution in [0.25, 0.3) is 0 Å². The van der Waals surface area contributed by atoms with E-state index >= 15 is 0 Å². The summed E-state index contributed by atoms with van der Waals surface area (Å²) in [6, 6.07) is 7.48. The van der Waals surface area contributed by atoms with E-state index in [1.54, 1.807) is 12.1 Å². The van der Waals surface area contributed by atoms with Crippen molar-refractivity contribution in [3.63, 3.8) is 0 Å². The second-order valence-electron chi connectivity index (χ2n) is 5.94. The second-order valence-corrected chi connectivity index (χ2v) is 6.79. The van der Waals surface area contributed by atoms with Gasteiger partial charge in [0.2, 0.25) is 0 Å². The highest BCUT2D eigenvalue weighted by Gasteiger charge is 2.37. The molecule has 2 aliphatic heterocycles. The van der Waals surface area contributed by atoms with Crippen molar-refractivity contribution in [3.05, 3.63) is 52.0 Å². The van der Waals surface area contributed by atoms with Gasteiger partial charge in [0.1, 0.15) is 5.82 Å². The van der Waals surface area contributed by atoms with Crippen LogP contribution in [0.5, 0.6) is 11.5 Å². The molecule has 0 saturated carbocycles. The smallest absolute Gasteiger partial charge is 0.168 e. The van der Waals surface area contributed by atoms with Crippen LogP contribution >= 0.6 is 15.9 Å². The number of rotatable bonds is 0. The zero-order chi connectivity index (χ0) is 16.1. The monoisotopic (exact) mass is 380 g/mol. The number of benzene rings is 2. The lowest BCUT2D eigenvalue weighted by Gasteiger charge is -2.40. The number of anilines is 1. The molecule has 2 aliphatic rings. The van der Waals surface area contributed by atoms with E-state index in [-0.39, 0.29) is 17.8 Å². The lowest BCUT2D eigenvalue weighted by molar-refractivity contribution is 0.402. The maximum absolute atomic E-state index is 14.3. The first-order valence-corrected chi connectivity index (χ1v) is 8.33. The van der Waals surface area contributed by atoms with E-state index in [4.69, 9.17) is 10.5 Å². The first-order valence-electron chi connectivity index (χ1n) is 7.54. The van der Waals surface area contributed by atoms with E-state index in [0.29, 0.717) is 15.8 Å². The predicted molar refractivity (Wildman–Crippen MR) is 87.9 cm³/mol. The maximum atomic E-state index is 14.3. The van der Waals surface area contributed by atoms with Crippen LogP contribution in [0.2, 0.25) is 0 Å². The molecule has 0 aliphatic carbocycles. The molecule has 2 unspecified atom stereocenters. The standard InChI is InChI=1S/C17H15BrF2N2O/c18-10-7-14-15(8-12(10)20)23-17-9(3-1-4-11(17)19)16-13(21)5-2-6-22(14)16/h1,3-4,7-8,13,16H,2,5-6,21H2. The van der Waals surface area contributed by atoms with E-state index in [1.165, 1.54) is 12.1 Å². The highest BCUT2D eigenvalue weighted by Crippen LogP contribution is 2.49. The largest absolute Gasteiger partial charge is 0.452 e. The molecule has 23 heavy (non-hydrogen) atoms. The third kappa shape index (κ3) is 2.32. The number of hydrogen-bond acceptors (Lipinski definition) is 3. The quantitative estimate of drug-likeness (QED) is 0.730. The van der Waals surface area contributed by atoms with Crippen LogP contribution in [0.3, 0.4) is 0 Å². The van der Waals surface area contributed by atoms with Gasteiger partial charge in [-0.3, -0.25) is 0 Å². The van der Waals surface area contributed by atoms with Crippen molar-refractivity contribution in [2.75, 3.05) is 11.4 Å². The molecule has 2 heterocycles. The van der Waals surface area contributed by atoms with E-state index < -0.39 is 11.6 Å². The Morgan fingerprint density at radius 1 is 1.22 bits per heavy atom. The number of piperidine rings is 1. The fourth-order valence-electron chi connectivity index (χ4n) is 3.49. The lowest BCUT2D eigenvalue weighted by atomic mass is 9.90. The fraction of sp³-hybridized carbons (Fsp3) is 0.294. The molecule has 0 aromatic heterocycles. The van der Waals surface area contributed by atoms with Crippen LogP contribution in [0, 0.1) is 11.6 Å². The van der Waals surface area contributed by atoms with Gasteiger partial charge in [-0.25, -0.2) is 8.78 Å². The van der Waals surface area contributed by atoms with Gasteiger partial charge in [0.05, 0.1) is 16.2 Å². The molecule has 2 aromatic carbocycles. The Labute approximate surface area is 141 Å². The summed E-state index contributed by atoms with van der Waals surface area (Å²) in [7, 11) is 0. The van der Waals surface area contributed by atoms with Crippen LogP contribution < -0.4 is 15.4 Å². The molecule has 120 valence electrons. The van der Waals surface area contributed by atoms with Crippen molar-refractivity contribution < 1.29 is 13.5 Å². The van der Waals surface area contributed by atoms with Crippen LogP contribution in [-0.4, -0.2) is 12.6 Å². The molecule has 0 bridgehead atoms. The van der Waals surface area contributed by atoms with Gasteiger partial charge in [-0.05, 0) is 40.9 Å². The molecule has 6 heteroatoms. The number of halogens is 3. The van der Waals surface area contributed by atoms with Gasteiger partial charge < -0.3 is 15.4 Å². The Morgan fingerprint density at radius 3 is 2.87 bits per heavy atom. The Bertz CT molecular complexity index is 783. The predicted octanol–water partition coefficient (Wildman–Crippen LogP) is 4.50. The average molecular weight is 381 g/mol. The summed E-state index contributed by atoms with van der Waals surface area (Å²) in [6.45, 7) is 0.767. The summed E-state index contributed by atoms with van der Waals surface area (Å²) in [4.78, 5) is 2.10. The average Bonchev–Trinajstić information content (AvgIpc) is 2.65. The SMILES string of the molecule is NC1CCCN2c3cc(Br)c(F)cc3Oc3c(F)cccc3C12. The zero-order valence-corrected chi connectivity index (χ0v) is 13.8. The lowest BCUT2D eigenvalue weighted by Crippen LogP contribution is -2.45. The van der Waals surface area contributed by atoms with Crippen LogP contribution in [0.4, 0.5) is 14.5 Å². The molecule has 1 saturated heterocycles. The second kappa shape index (κ2) is 5.46. The molecule has 0 spiro atoms. The van der Waals surface area contributed by atoms with Gasteiger partial charge in [0.15, 0.2) is 17.3 Å². The Balaban J connectivity index is 1.98. The minimum atomic E-state index is -0.462. The van der Waals surface area contributed by atoms with Crippen molar-refractivity contribution in [3.8, 4) is 11.5 Å². The normalized spacial score (nSPS) is 22.5. The molecule has 4 rings (SSSR count). The van der Waals surface area contributed by atoms with Gasteiger partial charge >= 0.3 is 0 Å². The topological polar surface area (TPSA) is 38.5 Å². The Hall–Kier alpha value is -1.66. The minimum Gasteiger partial charge on any atom is -0.452 e. The number of nitrogens with zero attached hydrogens (tertiary/aromatic N) is 1. The van der Waals surface area contributed by atoms with Gasteiger partial charge in [0.25, 0.3) is 0 Å². The Morgan fingerprint density at radius 2 is 2.04 bits per heavy atom. The van der Waals surface area contributed by atoms with Crippen LogP contribution in [0.1, 0.15) is 24.4 Å². The van der Waals surface area contributed by atoms with Crippen molar-refractivity contribution in [2.45, 2.75) is 24.9 Å². The number of ether oxygens (including phenoxy) is 1. The molecular formula is C17H15BrF2N2O. The fourth-order valence-corrected chi connectivity index (χ4v) is 3.83. The van der Waals surface area contributed by atoms with Gasteiger partial charge in [-0.15, -0.1) is 0 Å². The van der Waals surface area contributed by atoms with Crippen molar-refractivity contribution in [1.82, 2.24) is 0 Å². The summed E-state index contributed by atoms with van der Waals surface area (Å²) < 4.78 is 34.4. The van der Waals surface area contributed by atoms with Gasteiger partial charge in [-0.1, -0.05) is 12.1 Å². The summed E-state index contributed by atoms with van der Waals surface area (Å²) in [5.41, 5.74) is 7.79. The van der Waals surface area contributed by atoms with E-state index in [0.717, 1.165) is 25.1 Å².